The second kappa shape index (κ2) is 3.82. The number of aliphatic hydroxyl groups excluding tert-OH is 1. The van der Waals surface area contributed by atoms with Gasteiger partial charge in [0.25, 0.3) is 0 Å². The molecule has 0 amide bonds. The highest BCUT2D eigenvalue weighted by molar-refractivity contribution is 9.10. The van der Waals surface area contributed by atoms with Crippen molar-refractivity contribution in [2.45, 2.75) is 20.0 Å². The fraction of sp³-hybridized carbons (Fsp3) is 0.556. The molecule has 3 N–H and O–H groups in total. The van der Waals surface area contributed by atoms with Crippen molar-refractivity contribution in [2.24, 2.45) is 11.1 Å². The van der Waals surface area contributed by atoms with Gasteiger partial charge in [0.1, 0.15) is 11.9 Å². The van der Waals surface area contributed by atoms with Crippen LogP contribution >= 0.6 is 15.9 Å². The number of aliphatic hydroxyl groups is 1. The molecule has 0 aliphatic rings. The molecule has 4 heteroatoms. The van der Waals surface area contributed by atoms with E-state index >= 15 is 0 Å². The maximum absolute atomic E-state index is 9.91. The zero-order valence-corrected chi connectivity index (χ0v) is 9.34. The van der Waals surface area contributed by atoms with E-state index < -0.39 is 6.10 Å². The third-order valence-corrected chi connectivity index (χ3v) is 2.81. The van der Waals surface area contributed by atoms with Gasteiger partial charge in [0.15, 0.2) is 0 Å². The lowest BCUT2D eigenvalue weighted by molar-refractivity contribution is 0.0362. The van der Waals surface area contributed by atoms with Gasteiger partial charge in [0.05, 0.1) is 10.7 Å². The van der Waals surface area contributed by atoms with E-state index in [1.54, 1.807) is 6.07 Å². The molecule has 1 rings (SSSR count). The van der Waals surface area contributed by atoms with Gasteiger partial charge in [-0.15, -0.1) is 0 Å². The summed E-state index contributed by atoms with van der Waals surface area (Å²) in [6.45, 7) is 4.20. The van der Waals surface area contributed by atoms with E-state index in [0.717, 1.165) is 4.47 Å². The molecule has 74 valence electrons. The van der Waals surface area contributed by atoms with E-state index in [-0.39, 0.29) is 5.41 Å². The lowest BCUT2D eigenvalue weighted by atomic mass is 9.85. The number of hydrogen-bond donors (Lipinski definition) is 2. The molecule has 1 atom stereocenters. The molecule has 1 aromatic rings. The first-order valence-electron chi connectivity index (χ1n) is 4.10. The van der Waals surface area contributed by atoms with Crippen LogP contribution in [-0.4, -0.2) is 11.7 Å². The number of nitrogens with two attached hydrogens (primary N) is 1. The number of halogens is 1. The highest BCUT2D eigenvalue weighted by Crippen LogP contribution is 2.36. The average Bonchev–Trinajstić information content (AvgIpc) is 2.50. The molecule has 0 fully saturated rings. The first-order valence-corrected chi connectivity index (χ1v) is 4.89. The van der Waals surface area contributed by atoms with E-state index in [0.29, 0.717) is 12.3 Å². The van der Waals surface area contributed by atoms with Crippen LogP contribution in [0, 0.1) is 5.41 Å². The molecule has 0 bridgehead atoms. The number of furan rings is 1. The Bertz CT molecular complexity index is 283. The molecular formula is C9H14BrNO2. The first kappa shape index (κ1) is 10.8. The minimum Gasteiger partial charge on any atom is -0.465 e. The minimum absolute atomic E-state index is 0.375. The van der Waals surface area contributed by atoms with E-state index in [1.807, 2.05) is 13.8 Å². The molecule has 0 aromatic carbocycles. The number of hydrogen-bond acceptors (Lipinski definition) is 3. The average molecular weight is 248 g/mol. The van der Waals surface area contributed by atoms with Gasteiger partial charge in [-0.1, -0.05) is 13.8 Å². The van der Waals surface area contributed by atoms with Crippen LogP contribution in [0.5, 0.6) is 0 Å². The van der Waals surface area contributed by atoms with Crippen LogP contribution in [0.1, 0.15) is 25.7 Å². The van der Waals surface area contributed by atoms with Gasteiger partial charge in [0.2, 0.25) is 0 Å². The Morgan fingerprint density at radius 3 is 2.69 bits per heavy atom. The van der Waals surface area contributed by atoms with Crippen LogP contribution in [0.2, 0.25) is 0 Å². The Hall–Kier alpha value is -0.320. The predicted octanol–water partition coefficient (Wildman–Crippen LogP) is 2.06. The third kappa shape index (κ3) is 2.13. The van der Waals surface area contributed by atoms with Crippen LogP contribution in [0.15, 0.2) is 21.2 Å². The molecule has 0 saturated heterocycles. The third-order valence-electron chi connectivity index (χ3n) is 2.16. The number of rotatable bonds is 3. The van der Waals surface area contributed by atoms with Crippen molar-refractivity contribution in [3.8, 4) is 0 Å². The van der Waals surface area contributed by atoms with Crippen LogP contribution in [0.3, 0.4) is 0 Å². The van der Waals surface area contributed by atoms with Crippen LogP contribution in [0.25, 0.3) is 0 Å². The molecule has 13 heavy (non-hydrogen) atoms. The smallest absolute Gasteiger partial charge is 0.146 e. The summed E-state index contributed by atoms with van der Waals surface area (Å²) < 4.78 is 5.94. The van der Waals surface area contributed by atoms with Crippen molar-refractivity contribution >= 4 is 15.9 Å². The lowest BCUT2D eigenvalue weighted by Gasteiger charge is -2.27. The van der Waals surface area contributed by atoms with Crippen molar-refractivity contribution < 1.29 is 9.52 Å². The predicted molar refractivity (Wildman–Crippen MR) is 54.2 cm³/mol. The second-order valence-corrected chi connectivity index (χ2v) is 4.58. The van der Waals surface area contributed by atoms with Crippen LogP contribution < -0.4 is 5.73 Å². The van der Waals surface area contributed by atoms with Crippen LogP contribution in [-0.2, 0) is 0 Å². The fourth-order valence-corrected chi connectivity index (χ4v) is 1.39. The SMILES string of the molecule is CC(C)(CN)C(O)c1occc1Br. The molecule has 1 aromatic heterocycles. The van der Waals surface area contributed by atoms with Gasteiger partial charge < -0.3 is 15.3 Å². The molecule has 0 aliphatic carbocycles. The highest BCUT2D eigenvalue weighted by atomic mass is 79.9. The molecule has 0 saturated carbocycles. The van der Waals surface area contributed by atoms with Crippen molar-refractivity contribution in [1.29, 1.82) is 0 Å². The molecule has 0 radical (unpaired) electrons. The lowest BCUT2D eigenvalue weighted by Crippen LogP contribution is -2.30. The van der Waals surface area contributed by atoms with Crippen molar-refractivity contribution in [3.63, 3.8) is 0 Å². The molecule has 1 unspecified atom stereocenters. The quantitative estimate of drug-likeness (QED) is 0.860. The van der Waals surface area contributed by atoms with Gasteiger partial charge >= 0.3 is 0 Å². The topological polar surface area (TPSA) is 59.4 Å². The second-order valence-electron chi connectivity index (χ2n) is 3.73. The van der Waals surface area contributed by atoms with Gasteiger partial charge in [0, 0.05) is 12.0 Å². The van der Waals surface area contributed by atoms with Crippen molar-refractivity contribution in [1.82, 2.24) is 0 Å². The van der Waals surface area contributed by atoms with E-state index in [9.17, 15) is 5.11 Å². The van der Waals surface area contributed by atoms with Crippen LogP contribution in [0.4, 0.5) is 0 Å². The summed E-state index contributed by atoms with van der Waals surface area (Å²) in [6, 6.07) is 1.76. The summed E-state index contributed by atoms with van der Waals surface area (Å²) in [7, 11) is 0. The van der Waals surface area contributed by atoms with Crippen molar-refractivity contribution in [3.05, 3.63) is 22.6 Å². The Labute approximate surface area is 86.1 Å². The summed E-state index contributed by atoms with van der Waals surface area (Å²) in [5.74, 6) is 0.537. The summed E-state index contributed by atoms with van der Waals surface area (Å²) in [5.41, 5.74) is 5.17. The highest BCUT2D eigenvalue weighted by Gasteiger charge is 2.31. The summed E-state index contributed by atoms with van der Waals surface area (Å²) in [6.07, 6.45) is 0.858. The van der Waals surface area contributed by atoms with Gasteiger partial charge in [-0.3, -0.25) is 0 Å². The van der Waals surface area contributed by atoms with Gasteiger partial charge in [-0.05, 0) is 22.0 Å². The van der Waals surface area contributed by atoms with E-state index in [1.165, 1.54) is 6.26 Å². The maximum Gasteiger partial charge on any atom is 0.146 e. The van der Waals surface area contributed by atoms with E-state index in [4.69, 9.17) is 10.2 Å². The normalized spacial score (nSPS) is 14.5. The molecule has 0 spiro atoms. The molecular weight excluding hydrogens is 234 g/mol. The zero-order chi connectivity index (χ0) is 10.1. The maximum atomic E-state index is 9.91. The Kier molecular flexibility index (Phi) is 3.16. The largest absolute Gasteiger partial charge is 0.465 e. The van der Waals surface area contributed by atoms with Crippen molar-refractivity contribution in [2.75, 3.05) is 6.54 Å². The van der Waals surface area contributed by atoms with Gasteiger partial charge in [-0.25, -0.2) is 0 Å². The summed E-state index contributed by atoms with van der Waals surface area (Å²) in [4.78, 5) is 0. The molecule has 3 nitrogen and oxygen atoms in total. The van der Waals surface area contributed by atoms with Gasteiger partial charge in [-0.2, -0.15) is 0 Å². The Balaban J connectivity index is 2.91. The Morgan fingerprint density at radius 1 is 1.69 bits per heavy atom. The first-order chi connectivity index (χ1) is 5.99. The zero-order valence-electron chi connectivity index (χ0n) is 7.75. The minimum atomic E-state index is -0.679. The summed E-state index contributed by atoms with van der Waals surface area (Å²) in [5, 5.41) is 9.91. The molecule has 0 aliphatic heterocycles. The fourth-order valence-electron chi connectivity index (χ4n) is 0.967. The standard InChI is InChI=1S/C9H14BrNO2/c1-9(2,5-11)8(12)7-6(10)3-4-13-7/h3-4,8,12H,5,11H2,1-2H3. The Morgan fingerprint density at radius 2 is 2.31 bits per heavy atom. The summed E-state index contributed by atoms with van der Waals surface area (Å²) >= 11 is 3.29. The van der Waals surface area contributed by atoms with E-state index in [2.05, 4.69) is 15.9 Å². The monoisotopic (exact) mass is 247 g/mol. The molecule has 1 heterocycles.